The molecule has 5 heteroatoms. The molecule has 2 N–H and O–H groups in total. The van der Waals surface area contributed by atoms with Gasteiger partial charge < -0.3 is 10.6 Å². The van der Waals surface area contributed by atoms with Gasteiger partial charge in [-0.25, -0.2) is 4.98 Å². The topological polar surface area (TPSA) is 55.0 Å². The molecule has 0 bridgehead atoms. The predicted molar refractivity (Wildman–Crippen MR) is 79.3 cm³/mol. The number of hydrogen-bond acceptors (Lipinski definition) is 5. The first kappa shape index (κ1) is 13.1. The quantitative estimate of drug-likeness (QED) is 0.925. The second kappa shape index (κ2) is 4.39. The van der Waals surface area contributed by atoms with Gasteiger partial charge in [0.15, 0.2) is 0 Å². The van der Waals surface area contributed by atoms with Crippen LogP contribution in [-0.2, 0) is 0 Å². The standard InChI is InChI=1S/C13H20N4S/c1-6-13(3,4)17(5)10-9-7-8(2)18-11(9)16-12(14)15-10/h7H,6H2,1-5H3,(H2,14,15,16). The summed E-state index contributed by atoms with van der Waals surface area (Å²) in [4.78, 5) is 13.1. The summed E-state index contributed by atoms with van der Waals surface area (Å²) >= 11 is 1.66. The highest BCUT2D eigenvalue weighted by Gasteiger charge is 2.25. The Hall–Kier alpha value is -1.36. The molecule has 0 atom stereocenters. The molecule has 0 saturated carbocycles. The monoisotopic (exact) mass is 264 g/mol. The Balaban J connectivity index is 2.62. The fourth-order valence-electron chi connectivity index (χ4n) is 1.82. The molecule has 0 spiro atoms. The molecule has 4 nitrogen and oxygen atoms in total. The first-order valence-electron chi connectivity index (χ1n) is 6.12. The van der Waals surface area contributed by atoms with Crippen LogP contribution >= 0.6 is 11.3 Å². The summed E-state index contributed by atoms with van der Waals surface area (Å²) in [6, 6.07) is 2.14. The van der Waals surface area contributed by atoms with Gasteiger partial charge in [0.1, 0.15) is 10.6 Å². The summed E-state index contributed by atoms with van der Waals surface area (Å²) in [5, 5.41) is 1.09. The Labute approximate surface area is 112 Å². The van der Waals surface area contributed by atoms with E-state index in [-0.39, 0.29) is 5.54 Å². The second-order valence-corrected chi connectivity index (χ2v) is 6.44. The summed E-state index contributed by atoms with van der Waals surface area (Å²) in [5.74, 6) is 1.27. The maximum absolute atomic E-state index is 5.81. The van der Waals surface area contributed by atoms with Gasteiger partial charge in [-0.3, -0.25) is 0 Å². The van der Waals surface area contributed by atoms with E-state index in [1.165, 1.54) is 4.88 Å². The molecule has 0 saturated heterocycles. The fraction of sp³-hybridized carbons (Fsp3) is 0.538. The molecule has 0 aliphatic heterocycles. The Morgan fingerprint density at radius 2 is 2.06 bits per heavy atom. The van der Waals surface area contributed by atoms with E-state index in [1.54, 1.807) is 11.3 Å². The van der Waals surface area contributed by atoms with Crippen molar-refractivity contribution in [2.24, 2.45) is 0 Å². The minimum absolute atomic E-state index is 0.0452. The summed E-state index contributed by atoms with van der Waals surface area (Å²) in [7, 11) is 2.07. The van der Waals surface area contributed by atoms with Crippen molar-refractivity contribution in [3.63, 3.8) is 0 Å². The van der Waals surface area contributed by atoms with E-state index in [4.69, 9.17) is 5.73 Å². The number of aromatic nitrogens is 2. The average Bonchev–Trinajstić information content (AvgIpc) is 2.67. The Bertz CT molecular complexity index is 574. The lowest BCUT2D eigenvalue weighted by Gasteiger charge is -2.36. The summed E-state index contributed by atoms with van der Waals surface area (Å²) in [6.45, 7) is 8.67. The summed E-state index contributed by atoms with van der Waals surface area (Å²) < 4.78 is 0. The van der Waals surface area contributed by atoms with Gasteiger partial charge in [-0.05, 0) is 33.3 Å². The van der Waals surface area contributed by atoms with Crippen LogP contribution in [0.15, 0.2) is 6.07 Å². The van der Waals surface area contributed by atoms with Gasteiger partial charge in [-0.1, -0.05) is 6.92 Å². The van der Waals surface area contributed by atoms with Crippen LogP contribution in [0, 0.1) is 6.92 Å². The van der Waals surface area contributed by atoms with Crippen molar-refractivity contribution >= 4 is 33.3 Å². The fourth-order valence-corrected chi connectivity index (χ4v) is 2.70. The minimum atomic E-state index is 0.0452. The van der Waals surface area contributed by atoms with Crippen molar-refractivity contribution in [2.75, 3.05) is 17.7 Å². The second-order valence-electron chi connectivity index (χ2n) is 5.21. The molecule has 98 valence electrons. The number of thiophene rings is 1. The third-order valence-electron chi connectivity index (χ3n) is 3.60. The van der Waals surface area contributed by atoms with Crippen LogP contribution in [0.5, 0.6) is 0 Å². The lowest BCUT2D eigenvalue weighted by molar-refractivity contribution is 0.468. The van der Waals surface area contributed by atoms with Gasteiger partial charge in [-0.15, -0.1) is 11.3 Å². The Kier molecular flexibility index (Phi) is 3.19. The summed E-state index contributed by atoms with van der Waals surface area (Å²) in [6.07, 6.45) is 1.04. The van der Waals surface area contributed by atoms with Crippen LogP contribution in [0.2, 0.25) is 0 Å². The molecule has 0 aliphatic rings. The molecular weight excluding hydrogens is 244 g/mol. The van der Waals surface area contributed by atoms with E-state index in [2.05, 4.69) is 55.7 Å². The minimum Gasteiger partial charge on any atom is -0.368 e. The molecule has 2 aromatic rings. The van der Waals surface area contributed by atoms with Crippen LogP contribution in [0.25, 0.3) is 10.2 Å². The van der Waals surface area contributed by atoms with Gasteiger partial charge >= 0.3 is 0 Å². The molecule has 2 aromatic heterocycles. The molecule has 0 aromatic carbocycles. The van der Waals surface area contributed by atoms with Crippen molar-refractivity contribution in [3.05, 3.63) is 10.9 Å². The van der Waals surface area contributed by atoms with Crippen LogP contribution in [0.1, 0.15) is 32.1 Å². The molecule has 0 amide bonds. The maximum Gasteiger partial charge on any atom is 0.223 e. The number of fused-ring (bicyclic) bond motifs is 1. The van der Waals surface area contributed by atoms with E-state index < -0.39 is 0 Å². The number of anilines is 2. The van der Waals surface area contributed by atoms with Gasteiger partial charge in [0.2, 0.25) is 5.95 Å². The van der Waals surface area contributed by atoms with Crippen molar-refractivity contribution in [1.82, 2.24) is 9.97 Å². The van der Waals surface area contributed by atoms with Crippen molar-refractivity contribution < 1.29 is 0 Å². The Morgan fingerprint density at radius 1 is 1.39 bits per heavy atom. The maximum atomic E-state index is 5.81. The highest BCUT2D eigenvalue weighted by molar-refractivity contribution is 7.18. The van der Waals surface area contributed by atoms with Crippen LogP contribution in [0.4, 0.5) is 11.8 Å². The van der Waals surface area contributed by atoms with E-state index >= 15 is 0 Å². The number of aryl methyl sites for hydroxylation is 1. The average molecular weight is 264 g/mol. The number of nitrogens with two attached hydrogens (primary N) is 1. The van der Waals surface area contributed by atoms with Crippen molar-refractivity contribution in [1.29, 1.82) is 0 Å². The van der Waals surface area contributed by atoms with E-state index in [0.717, 1.165) is 22.5 Å². The first-order valence-corrected chi connectivity index (χ1v) is 6.94. The van der Waals surface area contributed by atoms with Crippen LogP contribution in [-0.4, -0.2) is 22.6 Å². The molecule has 18 heavy (non-hydrogen) atoms. The zero-order valence-corrected chi connectivity index (χ0v) is 12.4. The van der Waals surface area contributed by atoms with Gasteiger partial charge in [-0.2, -0.15) is 4.98 Å². The van der Waals surface area contributed by atoms with Gasteiger partial charge in [0, 0.05) is 17.5 Å². The smallest absolute Gasteiger partial charge is 0.223 e. The van der Waals surface area contributed by atoms with Crippen molar-refractivity contribution in [2.45, 2.75) is 39.7 Å². The van der Waals surface area contributed by atoms with Crippen LogP contribution in [0.3, 0.4) is 0 Å². The third kappa shape index (κ3) is 2.14. The number of nitrogens with zero attached hydrogens (tertiary/aromatic N) is 3. The zero-order valence-electron chi connectivity index (χ0n) is 11.6. The van der Waals surface area contributed by atoms with E-state index in [0.29, 0.717) is 5.95 Å². The van der Waals surface area contributed by atoms with Gasteiger partial charge in [0.05, 0.1) is 5.39 Å². The highest BCUT2D eigenvalue weighted by atomic mass is 32.1. The van der Waals surface area contributed by atoms with E-state index in [1.807, 2.05) is 0 Å². The molecule has 0 unspecified atom stereocenters. The number of nitrogen functional groups attached to an aromatic ring is 1. The lowest BCUT2D eigenvalue weighted by atomic mass is 10.00. The van der Waals surface area contributed by atoms with Gasteiger partial charge in [0.25, 0.3) is 0 Å². The summed E-state index contributed by atoms with van der Waals surface area (Å²) in [5.41, 5.74) is 5.86. The molecular formula is C13H20N4S. The van der Waals surface area contributed by atoms with Crippen LogP contribution < -0.4 is 10.6 Å². The van der Waals surface area contributed by atoms with Crippen molar-refractivity contribution in [3.8, 4) is 0 Å². The largest absolute Gasteiger partial charge is 0.368 e. The Morgan fingerprint density at radius 3 is 2.67 bits per heavy atom. The predicted octanol–water partition coefficient (Wildman–Crippen LogP) is 3.21. The molecule has 2 heterocycles. The zero-order chi connectivity index (χ0) is 13.5. The highest BCUT2D eigenvalue weighted by Crippen LogP contribution is 2.34. The third-order valence-corrected chi connectivity index (χ3v) is 4.55. The number of hydrogen-bond donors (Lipinski definition) is 1. The number of rotatable bonds is 3. The molecule has 0 fully saturated rings. The molecule has 0 aliphatic carbocycles. The molecule has 0 radical (unpaired) electrons. The molecule has 2 rings (SSSR count). The normalized spacial score (nSPS) is 12.1. The van der Waals surface area contributed by atoms with E-state index in [9.17, 15) is 0 Å². The SMILES string of the molecule is CCC(C)(C)N(C)c1nc(N)nc2sc(C)cc12. The lowest BCUT2D eigenvalue weighted by Crippen LogP contribution is -2.41. The first-order chi connectivity index (χ1) is 8.35.